The average molecular weight is 767 g/mol. The number of H-pyrrole nitrogens is 1. The molecule has 6 heterocycles. The van der Waals surface area contributed by atoms with Crippen molar-refractivity contribution < 1.29 is 38.8 Å². The molecule has 56 heavy (non-hydrogen) atoms. The van der Waals surface area contributed by atoms with Crippen molar-refractivity contribution in [1.29, 1.82) is 0 Å². The Balaban J connectivity index is 1.36. The number of carbonyl (C=O) groups excluding carboxylic acids is 3. The van der Waals surface area contributed by atoms with E-state index in [0.717, 1.165) is 34.1 Å². The Labute approximate surface area is 327 Å². The fraction of sp³-hybridized carbons (Fsp3) is 0.568. The van der Waals surface area contributed by atoms with E-state index in [1.54, 1.807) is 12.0 Å². The number of methoxy groups -OCH3 is 3. The molecule has 2 bridgehead atoms. The first kappa shape index (κ1) is 37.4. The maximum absolute atomic E-state index is 15.2. The highest BCUT2D eigenvalue weighted by Gasteiger charge is 2.74. The summed E-state index contributed by atoms with van der Waals surface area (Å²) >= 11 is 0. The number of piperidine rings is 1. The molecule has 1 unspecified atom stereocenters. The number of nitrogens with one attached hydrogen (secondary N) is 1. The number of aliphatic hydroxyl groups excluding tert-OH is 1. The number of nitrogens with zero attached hydrogens (tertiary/aromatic N) is 3. The minimum Gasteiger partial charge on any atom is -0.496 e. The lowest BCUT2D eigenvalue weighted by atomic mass is 9.49. The van der Waals surface area contributed by atoms with Gasteiger partial charge in [0.15, 0.2) is 0 Å². The number of aliphatic hydroxyl groups is 2. The van der Waals surface area contributed by atoms with Gasteiger partial charge >= 0.3 is 11.9 Å². The van der Waals surface area contributed by atoms with Gasteiger partial charge in [0.1, 0.15) is 17.1 Å². The molecule has 1 aliphatic carbocycles. The van der Waals surface area contributed by atoms with Crippen LogP contribution in [0.4, 0.5) is 5.69 Å². The number of hydrogen-bond donors (Lipinski definition) is 3. The van der Waals surface area contributed by atoms with E-state index >= 15 is 4.79 Å². The van der Waals surface area contributed by atoms with Crippen LogP contribution in [0.15, 0.2) is 48.6 Å². The molecule has 298 valence electrons. The number of amides is 1. The number of anilines is 1. The number of fused-ring (bicyclic) bond motifs is 6. The van der Waals surface area contributed by atoms with Crippen LogP contribution in [-0.4, -0.2) is 121 Å². The standard InChI is InChI=1S/C44H54N4O8/c1-6-41(53)21-26-22-44(40(52)56-5,35-28(13-17-46(23-26)24-41)27-11-8-9-12-31(27)45-35)30-19-29-32(20-33(30)54-3)48(25-49)36-34(38(51)55-4)37(50)42(7-2)14-10-16-47-18-15-43(29,36)39(42)47/h8-12,14,19-20,25-26,34,36-37,39,45,50,53H,6-7,13,15-18,21-24H2,1-5H3/t26-,34-,36+,37+,39+,41+,42+,43+,44+/m0/s1. The number of ether oxygens (including phenoxy) is 3. The summed E-state index contributed by atoms with van der Waals surface area (Å²) in [6.07, 6.45) is 7.13. The number of esters is 2. The summed E-state index contributed by atoms with van der Waals surface area (Å²) in [5.74, 6) is -1.72. The Morgan fingerprint density at radius 3 is 2.55 bits per heavy atom. The first-order valence-electron chi connectivity index (χ1n) is 20.3. The predicted molar refractivity (Wildman–Crippen MR) is 210 cm³/mol. The number of hydrogen-bond acceptors (Lipinski definition) is 10. The number of aromatic amines is 1. The number of benzene rings is 2. The summed E-state index contributed by atoms with van der Waals surface area (Å²) in [4.78, 5) is 52.8. The molecule has 3 aromatic rings. The predicted octanol–water partition coefficient (Wildman–Crippen LogP) is 3.83. The molecule has 12 heteroatoms. The Morgan fingerprint density at radius 1 is 1.04 bits per heavy atom. The van der Waals surface area contributed by atoms with E-state index in [9.17, 15) is 19.8 Å². The third-order valence-corrected chi connectivity index (χ3v) is 15.2. The van der Waals surface area contributed by atoms with Crippen molar-refractivity contribution in [1.82, 2.24) is 14.8 Å². The summed E-state index contributed by atoms with van der Waals surface area (Å²) < 4.78 is 17.6. The zero-order chi connectivity index (χ0) is 39.4. The molecule has 3 N–H and O–H groups in total. The Hall–Kier alpha value is -4.23. The van der Waals surface area contributed by atoms with E-state index < -0.39 is 51.8 Å². The van der Waals surface area contributed by atoms with Crippen LogP contribution in [0.3, 0.4) is 0 Å². The average Bonchev–Trinajstić information content (AvgIpc) is 3.89. The van der Waals surface area contributed by atoms with Crippen LogP contribution in [0.5, 0.6) is 5.75 Å². The van der Waals surface area contributed by atoms with E-state index in [0.29, 0.717) is 88.2 Å². The first-order chi connectivity index (χ1) is 27.0. The van der Waals surface area contributed by atoms with Crippen molar-refractivity contribution >= 4 is 34.9 Å². The van der Waals surface area contributed by atoms with E-state index in [4.69, 9.17) is 14.2 Å². The van der Waals surface area contributed by atoms with Crippen molar-refractivity contribution in [2.24, 2.45) is 17.3 Å². The molecular weight excluding hydrogens is 713 g/mol. The van der Waals surface area contributed by atoms with Gasteiger partial charge in [-0.25, -0.2) is 0 Å². The summed E-state index contributed by atoms with van der Waals surface area (Å²) in [6.45, 7) is 7.44. The van der Waals surface area contributed by atoms with E-state index in [1.807, 2.05) is 31.2 Å². The molecule has 5 aliphatic heterocycles. The fourth-order valence-electron chi connectivity index (χ4n) is 13.0. The van der Waals surface area contributed by atoms with E-state index in [1.165, 1.54) is 14.2 Å². The van der Waals surface area contributed by atoms with Crippen LogP contribution in [0.1, 0.15) is 68.3 Å². The zero-order valence-electron chi connectivity index (χ0n) is 33.0. The maximum Gasteiger partial charge on any atom is 0.322 e. The van der Waals surface area contributed by atoms with Crippen LogP contribution >= 0.6 is 0 Å². The molecule has 9 rings (SSSR count). The highest BCUT2D eigenvalue weighted by molar-refractivity contribution is 5.95. The smallest absolute Gasteiger partial charge is 0.322 e. The largest absolute Gasteiger partial charge is 0.496 e. The molecule has 1 saturated carbocycles. The van der Waals surface area contributed by atoms with Crippen molar-refractivity contribution in [3.05, 3.63) is 70.9 Å². The number of carbonyl (C=O) groups is 3. The molecule has 3 fully saturated rings. The second-order valence-electron chi connectivity index (χ2n) is 17.3. The van der Waals surface area contributed by atoms with Crippen LogP contribution in [0.2, 0.25) is 0 Å². The summed E-state index contributed by atoms with van der Waals surface area (Å²) in [5, 5.41) is 25.3. The molecule has 6 aliphatic rings. The van der Waals surface area contributed by atoms with Gasteiger partial charge in [-0.2, -0.15) is 0 Å². The van der Waals surface area contributed by atoms with Gasteiger partial charge in [0.25, 0.3) is 0 Å². The maximum atomic E-state index is 15.2. The SMILES string of the molecule is CC[C@@]1(O)C[C@@H]2CN(CCc3c([nH]c4ccccc34)[C@](C(=O)OC)(c3cc4c(cc3OC)N(C=O)[C@@H]3[C@H](C(=O)OC)[C@@H](O)[C@@]5(CC)C=CCN6CC[C@@]43[C@H]65)C2)C1. The summed E-state index contributed by atoms with van der Waals surface area (Å²) in [7, 11) is 4.34. The lowest BCUT2D eigenvalue weighted by Crippen LogP contribution is -2.73. The number of aromatic nitrogens is 1. The third-order valence-electron chi connectivity index (χ3n) is 15.2. The molecular formula is C44H54N4O8. The normalized spacial score (nSPS) is 37.0. The molecule has 1 spiro atoms. The van der Waals surface area contributed by atoms with E-state index in [-0.39, 0.29) is 12.0 Å². The zero-order valence-corrected chi connectivity index (χ0v) is 33.0. The van der Waals surface area contributed by atoms with Crippen molar-refractivity contribution in [2.75, 3.05) is 59.0 Å². The van der Waals surface area contributed by atoms with Gasteiger partial charge in [-0.05, 0) is 74.2 Å². The second kappa shape index (κ2) is 13.2. The molecule has 2 aromatic carbocycles. The van der Waals surface area contributed by atoms with Gasteiger partial charge in [-0.15, -0.1) is 0 Å². The highest BCUT2D eigenvalue weighted by atomic mass is 16.5. The Morgan fingerprint density at radius 2 is 1.84 bits per heavy atom. The molecule has 12 nitrogen and oxygen atoms in total. The van der Waals surface area contributed by atoms with Crippen molar-refractivity contribution in [3.8, 4) is 5.75 Å². The number of para-hydroxylation sites is 1. The lowest BCUT2D eigenvalue weighted by Gasteiger charge is -2.60. The summed E-state index contributed by atoms with van der Waals surface area (Å²) in [6, 6.07) is 11.1. The van der Waals surface area contributed by atoms with Gasteiger partial charge in [0.05, 0.1) is 44.8 Å². The van der Waals surface area contributed by atoms with Crippen molar-refractivity contribution in [2.45, 2.75) is 87.0 Å². The van der Waals surface area contributed by atoms with Crippen LogP contribution < -0.4 is 9.64 Å². The topological polar surface area (TPSA) is 145 Å². The lowest BCUT2D eigenvalue weighted by molar-refractivity contribution is -0.167. The monoisotopic (exact) mass is 766 g/mol. The molecule has 0 radical (unpaired) electrons. The van der Waals surface area contributed by atoms with E-state index in [2.05, 4.69) is 46.0 Å². The van der Waals surface area contributed by atoms with Crippen LogP contribution in [0.25, 0.3) is 10.9 Å². The van der Waals surface area contributed by atoms with Gasteiger partial charge in [0.2, 0.25) is 6.41 Å². The van der Waals surface area contributed by atoms with Crippen LogP contribution in [0, 0.1) is 17.3 Å². The number of rotatable bonds is 7. The molecule has 2 saturated heterocycles. The third kappa shape index (κ3) is 4.76. The van der Waals surface area contributed by atoms with Crippen molar-refractivity contribution in [3.63, 3.8) is 0 Å². The minimum absolute atomic E-state index is 0.0905. The van der Waals surface area contributed by atoms with Gasteiger partial charge in [-0.3, -0.25) is 24.2 Å². The molecule has 1 aromatic heterocycles. The van der Waals surface area contributed by atoms with Crippen LogP contribution in [-0.2, 0) is 41.1 Å². The fourth-order valence-corrected chi connectivity index (χ4v) is 13.0. The highest BCUT2D eigenvalue weighted by Crippen LogP contribution is 2.67. The molecule has 10 atom stereocenters. The quantitative estimate of drug-likeness (QED) is 0.185. The second-order valence-corrected chi connectivity index (χ2v) is 17.3. The van der Waals surface area contributed by atoms with Gasteiger partial charge < -0.3 is 34.3 Å². The van der Waals surface area contributed by atoms with Gasteiger partial charge in [-0.1, -0.05) is 44.2 Å². The summed E-state index contributed by atoms with van der Waals surface area (Å²) in [5.41, 5.74) is 0.803. The minimum atomic E-state index is -1.42. The first-order valence-corrected chi connectivity index (χ1v) is 20.3. The Bertz CT molecular complexity index is 2130. The Kier molecular flexibility index (Phi) is 8.78. The van der Waals surface area contributed by atoms with Gasteiger partial charge in [0, 0.05) is 71.3 Å². The molecule has 1 amide bonds.